The lowest BCUT2D eigenvalue weighted by Crippen LogP contribution is -2.34. The van der Waals surface area contributed by atoms with Crippen molar-refractivity contribution < 1.29 is 14.3 Å². The van der Waals surface area contributed by atoms with Crippen molar-refractivity contribution in [3.63, 3.8) is 0 Å². The number of aromatic nitrogens is 2. The molecule has 0 saturated carbocycles. The highest BCUT2D eigenvalue weighted by Gasteiger charge is 2.37. The lowest BCUT2D eigenvalue weighted by Gasteiger charge is -2.15. The van der Waals surface area contributed by atoms with E-state index in [1.807, 2.05) is 30.5 Å². The van der Waals surface area contributed by atoms with Crippen LogP contribution in [0.15, 0.2) is 30.5 Å². The first-order chi connectivity index (χ1) is 12.7. The number of carbonyl (C=O) groups is 1. The molecule has 140 valence electrons. The van der Waals surface area contributed by atoms with Crippen LogP contribution >= 0.6 is 0 Å². The summed E-state index contributed by atoms with van der Waals surface area (Å²) in [5.74, 6) is 1.06. The van der Waals surface area contributed by atoms with Gasteiger partial charge < -0.3 is 14.8 Å². The minimum absolute atomic E-state index is 0.0451. The molecule has 1 fully saturated rings. The fourth-order valence-corrected chi connectivity index (χ4v) is 3.63. The molecule has 0 bridgehead atoms. The van der Waals surface area contributed by atoms with Crippen LogP contribution in [-0.4, -0.2) is 62.0 Å². The molecule has 26 heavy (non-hydrogen) atoms. The van der Waals surface area contributed by atoms with Crippen LogP contribution < -0.4 is 10.1 Å². The highest BCUT2D eigenvalue weighted by Crippen LogP contribution is 2.29. The summed E-state index contributed by atoms with van der Waals surface area (Å²) in [6.07, 6.45) is 1.86. The van der Waals surface area contributed by atoms with Crippen LogP contribution in [0.25, 0.3) is 11.3 Å². The highest BCUT2D eigenvalue weighted by molar-refractivity contribution is 5.79. The summed E-state index contributed by atoms with van der Waals surface area (Å²) in [4.78, 5) is 14.5. The van der Waals surface area contributed by atoms with E-state index in [1.54, 1.807) is 21.3 Å². The Hall–Kier alpha value is -2.38. The Morgan fingerprint density at radius 2 is 2.08 bits per heavy atom. The molecule has 1 amide bonds. The molecule has 0 radical (unpaired) electrons. The van der Waals surface area contributed by atoms with Crippen LogP contribution in [-0.2, 0) is 16.1 Å². The third kappa shape index (κ3) is 3.89. The largest absolute Gasteiger partial charge is 0.497 e. The molecular weight excluding hydrogens is 332 g/mol. The molecule has 1 aromatic heterocycles. The quantitative estimate of drug-likeness (QED) is 0.785. The molecule has 3 rings (SSSR count). The van der Waals surface area contributed by atoms with Crippen LogP contribution in [0.1, 0.15) is 5.56 Å². The van der Waals surface area contributed by atoms with Crippen LogP contribution in [0.4, 0.5) is 0 Å². The van der Waals surface area contributed by atoms with Gasteiger partial charge in [0.2, 0.25) is 5.91 Å². The molecule has 1 saturated heterocycles. The topological polar surface area (TPSA) is 79.5 Å². The zero-order valence-electron chi connectivity index (χ0n) is 15.5. The Bertz CT molecular complexity index is 729. The Morgan fingerprint density at radius 1 is 1.31 bits per heavy atom. The van der Waals surface area contributed by atoms with Gasteiger partial charge in [-0.1, -0.05) is 0 Å². The summed E-state index contributed by atoms with van der Waals surface area (Å²) in [7, 11) is 5.03. The summed E-state index contributed by atoms with van der Waals surface area (Å²) in [6.45, 7) is 2.89. The van der Waals surface area contributed by atoms with E-state index in [0.717, 1.165) is 42.2 Å². The molecule has 2 atom stereocenters. The van der Waals surface area contributed by atoms with E-state index in [0.29, 0.717) is 6.61 Å². The van der Waals surface area contributed by atoms with Gasteiger partial charge in [-0.25, -0.2) is 0 Å². The number of methoxy groups -OCH3 is 2. The number of rotatable bonds is 7. The van der Waals surface area contributed by atoms with Crippen molar-refractivity contribution >= 4 is 5.91 Å². The molecule has 1 aliphatic rings. The van der Waals surface area contributed by atoms with E-state index in [9.17, 15) is 4.79 Å². The van der Waals surface area contributed by atoms with Gasteiger partial charge in [0.15, 0.2) is 0 Å². The molecule has 1 aromatic carbocycles. The van der Waals surface area contributed by atoms with Gasteiger partial charge >= 0.3 is 0 Å². The van der Waals surface area contributed by atoms with Gasteiger partial charge in [0.1, 0.15) is 5.75 Å². The number of hydrogen-bond acceptors (Lipinski definition) is 5. The summed E-state index contributed by atoms with van der Waals surface area (Å²) < 4.78 is 10.5. The van der Waals surface area contributed by atoms with E-state index >= 15 is 0 Å². The number of nitrogens with zero attached hydrogens (tertiary/aromatic N) is 2. The van der Waals surface area contributed by atoms with E-state index in [2.05, 4.69) is 20.4 Å². The van der Waals surface area contributed by atoms with Crippen molar-refractivity contribution in [1.82, 2.24) is 20.4 Å². The average Bonchev–Trinajstić information content (AvgIpc) is 3.29. The van der Waals surface area contributed by atoms with E-state index in [-0.39, 0.29) is 17.7 Å². The predicted octanol–water partition coefficient (Wildman–Crippen LogP) is 1.53. The number of hydrogen-bond donors (Lipinski definition) is 2. The summed E-state index contributed by atoms with van der Waals surface area (Å²) >= 11 is 0. The zero-order chi connectivity index (χ0) is 18.5. The number of amides is 1. The molecule has 2 aromatic rings. The normalized spacial score (nSPS) is 20.3. The van der Waals surface area contributed by atoms with Crippen LogP contribution in [0.3, 0.4) is 0 Å². The van der Waals surface area contributed by atoms with Gasteiger partial charge in [0.25, 0.3) is 0 Å². The van der Waals surface area contributed by atoms with Gasteiger partial charge in [0.05, 0.1) is 31.5 Å². The maximum atomic E-state index is 12.2. The zero-order valence-corrected chi connectivity index (χ0v) is 15.5. The molecule has 1 aliphatic heterocycles. The van der Waals surface area contributed by atoms with Gasteiger partial charge in [-0.3, -0.25) is 14.8 Å². The molecule has 7 heteroatoms. The maximum Gasteiger partial charge on any atom is 0.224 e. The van der Waals surface area contributed by atoms with Crippen molar-refractivity contribution in [2.75, 3.05) is 41.0 Å². The molecule has 0 unspecified atom stereocenters. The monoisotopic (exact) mass is 358 g/mol. The Labute approximate surface area is 153 Å². The smallest absolute Gasteiger partial charge is 0.224 e. The lowest BCUT2D eigenvalue weighted by atomic mass is 9.96. The number of H-pyrrole nitrogens is 1. The third-order valence-electron chi connectivity index (χ3n) is 4.97. The Morgan fingerprint density at radius 3 is 2.73 bits per heavy atom. The summed E-state index contributed by atoms with van der Waals surface area (Å²) in [6, 6.07) is 7.90. The van der Waals surface area contributed by atoms with E-state index in [4.69, 9.17) is 9.47 Å². The number of carbonyl (C=O) groups excluding carboxylic acids is 1. The van der Waals surface area contributed by atoms with Crippen LogP contribution in [0, 0.1) is 11.8 Å². The average molecular weight is 358 g/mol. The molecule has 7 nitrogen and oxygen atoms in total. The molecule has 2 N–H and O–H groups in total. The van der Waals surface area contributed by atoms with Crippen molar-refractivity contribution in [1.29, 1.82) is 0 Å². The molecule has 2 heterocycles. The fourth-order valence-electron chi connectivity index (χ4n) is 3.63. The molecule has 0 spiro atoms. The predicted molar refractivity (Wildman–Crippen MR) is 98.8 cm³/mol. The minimum Gasteiger partial charge on any atom is -0.497 e. The van der Waals surface area contributed by atoms with Crippen molar-refractivity contribution in [3.8, 4) is 17.0 Å². The van der Waals surface area contributed by atoms with Gasteiger partial charge in [-0.15, -0.1) is 0 Å². The number of nitrogens with one attached hydrogen (secondary N) is 2. The number of aromatic amines is 1. The van der Waals surface area contributed by atoms with Crippen LogP contribution in [0.2, 0.25) is 0 Å². The van der Waals surface area contributed by atoms with Gasteiger partial charge in [0, 0.05) is 50.8 Å². The van der Waals surface area contributed by atoms with Crippen molar-refractivity contribution in [2.24, 2.45) is 11.8 Å². The first-order valence-electron chi connectivity index (χ1n) is 8.75. The van der Waals surface area contributed by atoms with Crippen molar-refractivity contribution in [2.45, 2.75) is 6.54 Å². The third-order valence-corrected chi connectivity index (χ3v) is 4.97. The Kier molecular flexibility index (Phi) is 5.90. The number of likely N-dealkylation sites (tertiary alicyclic amines) is 1. The SMILES string of the molecule is CNC(=O)[C@@H]1CN(Cc2cn[nH]c2-c2ccc(OC)cc2)C[C@H]1COC. The summed E-state index contributed by atoms with van der Waals surface area (Å²) in [5.41, 5.74) is 3.18. The molecule has 0 aliphatic carbocycles. The van der Waals surface area contributed by atoms with Gasteiger partial charge in [-0.05, 0) is 24.3 Å². The second-order valence-electron chi connectivity index (χ2n) is 6.63. The minimum atomic E-state index is -0.0451. The second kappa shape index (κ2) is 8.33. The second-order valence-corrected chi connectivity index (χ2v) is 6.63. The van der Waals surface area contributed by atoms with Crippen molar-refractivity contribution in [3.05, 3.63) is 36.0 Å². The standard InChI is InChI=1S/C19H26N4O3/c1-20-19(24)17-11-23(10-15(17)12-25-2)9-14-8-21-22-18(14)13-4-6-16(26-3)7-5-13/h4-8,15,17H,9-12H2,1-3H3,(H,20,24)(H,21,22)/t15-,17+/m0/s1. The first-order valence-corrected chi connectivity index (χ1v) is 8.75. The van der Waals surface area contributed by atoms with E-state index in [1.165, 1.54) is 0 Å². The number of ether oxygens (including phenoxy) is 2. The number of benzene rings is 1. The maximum absolute atomic E-state index is 12.2. The summed E-state index contributed by atoms with van der Waals surface area (Å²) in [5, 5.41) is 10.1. The van der Waals surface area contributed by atoms with Gasteiger partial charge in [-0.2, -0.15) is 5.10 Å². The van der Waals surface area contributed by atoms with E-state index < -0.39 is 0 Å². The first kappa shape index (κ1) is 18.4. The molecular formula is C19H26N4O3. The Balaban J connectivity index is 1.73. The van der Waals surface area contributed by atoms with Crippen LogP contribution in [0.5, 0.6) is 5.75 Å². The fraction of sp³-hybridized carbons (Fsp3) is 0.474. The highest BCUT2D eigenvalue weighted by atomic mass is 16.5. The lowest BCUT2D eigenvalue weighted by molar-refractivity contribution is -0.125.